The fraction of sp³-hybridized carbons (Fsp3) is 1.00. The molecule has 0 radical (unpaired) electrons. The van der Waals surface area contributed by atoms with Gasteiger partial charge in [0, 0.05) is 18.9 Å². The maximum atomic E-state index is 5.77. The molecule has 3 nitrogen and oxygen atoms in total. The monoisotopic (exact) mass is 253 g/mol. The summed E-state index contributed by atoms with van der Waals surface area (Å²) >= 11 is 0. The average molecular weight is 253 g/mol. The molecule has 1 N–H and O–H groups in total. The van der Waals surface area contributed by atoms with Gasteiger partial charge < -0.3 is 14.8 Å². The minimum absolute atomic E-state index is 0.194. The quantitative estimate of drug-likeness (QED) is 0.839. The molecule has 18 heavy (non-hydrogen) atoms. The predicted molar refractivity (Wildman–Crippen MR) is 71.4 cm³/mol. The molecular formula is C15H27NO2. The summed E-state index contributed by atoms with van der Waals surface area (Å²) in [6.07, 6.45) is 8.86. The first-order valence-corrected chi connectivity index (χ1v) is 7.77. The standard InChI is InChI=1S/C15H27NO2/c1-12-2-3-13(10-12)11-16-14-4-6-15(7-5-14)17-8-9-18-15/h12-14,16H,2-11H2,1H3. The van der Waals surface area contributed by atoms with Crippen molar-refractivity contribution in [2.24, 2.45) is 11.8 Å². The van der Waals surface area contributed by atoms with Crippen LogP contribution in [0.25, 0.3) is 0 Å². The lowest BCUT2D eigenvalue weighted by Crippen LogP contribution is -2.43. The highest BCUT2D eigenvalue weighted by Crippen LogP contribution is 2.36. The van der Waals surface area contributed by atoms with Crippen LogP contribution in [0.2, 0.25) is 0 Å². The number of nitrogens with one attached hydrogen (secondary N) is 1. The highest BCUT2D eigenvalue weighted by molar-refractivity contribution is 4.86. The zero-order valence-electron chi connectivity index (χ0n) is 11.6. The summed E-state index contributed by atoms with van der Waals surface area (Å²) in [6, 6.07) is 0.694. The van der Waals surface area contributed by atoms with Crippen LogP contribution < -0.4 is 5.32 Å². The third-order valence-electron chi connectivity index (χ3n) is 5.06. The van der Waals surface area contributed by atoms with Gasteiger partial charge in [0.05, 0.1) is 13.2 Å². The van der Waals surface area contributed by atoms with E-state index in [0.717, 1.165) is 37.9 Å². The number of rotatable bonds is 3. The van der Waals surface area contributed by atoms with E-state index in [0.29, 0.717) is 6.04 Å². The van der Waals surface area contributed by atoms with Crippen LogP contribution in [0.4, 0.5) is 0 Å². The van der Waals surface area contributed by atoms with Gasteiger partial charge in [-0.2, -0.15) is 0 Å². The molecule has 2 unspecified atom stereocenters. The van der Waals surface area contributed by atoms with E-state index in [1.54, 1.807) is 0 Å². The molecule has 104 valence electrons. The van der Waals surface area contributed by atoms with Crippen LogP contribution >= 0.6 is 0 Å². The molecular weight excluding hydrogens is 226 g/mol. The molecule has 0 amide bonds. The van der Waals surface area contributed by atoms with Crippen LogP contribution in [0.3, 0.4) is 0 Å². The Bertz CT molecular complexity index is 266. The molecule has 3 aliphatic rings. The first kappa shape index (κ1) is 12.9. The third kappa shape index (κ3) is 2.89. The highest BCUT2D eigenvalue weighted by Gasteiger charge is 2.40. The van der Waals surface area contributed by atoms with Crippen LogP contribution in [-0.4, -0.2) is 31.6 Å². The van der Waals surface area contributed by atoms with E-state index in [4.69, 9.17) is 9.47 Å². The molecule has 0 aromatic rings. The molecule has 1 saturated heterocycles. The van der Waals surface area contributed by atoms with Crippen molar-refractivity contribution in [1.29, 1.82) is 0 Å². The van der Waals surface area contributed by atoms with Crippen molar-refractivity contribution < 1.29 is 9.47 Å². The molecule has 2 aliphatic carbocycles. The van der Waals surface area contributed by atoms with E-state index in [-0.39, 0.29) is 5.79 Å². The van der Waals surface area contributed by atoms with Gasteiger partial charge in [-0.05, 0) is 44.1 Å². The molecule has 1 heterocycles. The van der Waals surface area contributed by atoms with Gasteiger partial charge in [0.2, 0.25) is 0 Å². The summed E-state index contributed by atoms with van der Waals surface area (Å²) in [7, 11) is 0. The number of ether oxygens (including phenoxy) is 2. The average Bonchev–Trinajstić information content (AvgIpc) is 2.99. The van der Waals surface area contributed by atoms with Gasteiger partial charge in [0.1, 0.15) is 0 Å². The second kappa shape index (κ2) is 5.48. The Morgan fingerprint density at radius 2 is 1.78 bits per heavy atom. The Balaban J connectivity index is 1.38. The minimum atomic E-state index is -0.194. The molecule has 0 aromatic carbocycles. The first-order valence-electron chi connectivity index (χ1n) is 7.77. The van der Waals surface area contributed by atoms with Crippen molar-refractivity contribution >= 4 is 0 Å². The fourth-order valence-corrected chi connectivity index (χ4v) is 3.89. The zero-order valence-corrected chi connectivity index (χ0v) is 11.6. The van der Waals surface area contributed by atoms with Gasteiger partial charge in [-0.25, -0.2) is 0 Å². The molecule has 2 atom stereocenters. The Kier molecular flexibility index (Phi) is 3.92. The third-order valence-corrected chi connectivity index (χ3v) is 5.06. The highest BCUT2D eigenvalue weighted by atomic mass is 16.7. The number of hydrogen-bond acceptors (Lipinski definition) is 3. The van der Waals surface area contributed by atoms with Gasteiger partial charge in [0.15, 0.2) is 5.79 Å². The Hall–Kier alpha value is -0.120. The summed E-state index contributed by atoms with van der Waals surface area (Å²) in [5.74, 6) is 1.68. The van der Waals surface area contributed by atoms with Crippen LogP contribution in [0.5, 0.6) is 0 Å². The second-order valence-electron chi connectivity index (χ2n) is 6.57. The lowest BCUT2D eigenvalue weighted by Gasteiger charge is -2.36. The van der Waals surface area contributed by atoms with Crippen molar-refractivity contribution in [3.63, 3.8) is 0 Å². The summed E-state index contributed by atoms with van der Waals surface area (Å²) < 4.78 is 11.5. The lowest BCUT2D eigenvalue weighted by atomic mass is 9.89. The molecule has 3 heteroatoms. The van der Waals surface area contributed by atoms with Crippen LogP contribution in [-0.2, 0) is 9.47 Å². The Labute approximate surface area is 111 Å². The molecule has 1 spiro atoms. The summed E-state index contributed by atoms with van der Waals surface area (Å²) in [4.78, 5) is 0. The first-order chi connectivity index (χ1) is 8.76. The van der Waals surface area contributed by atoms with E-state index in [2.05, 4.69) is 12.2 Å². The molecule has 0 aromatic heterocycles. The van der Waals surface area contributed by atoms with Gasteiger partial charge in [-0.1, -0.05) is 13.3 Å². The SMILES string of the molecule is CC1CCC(CNC2CCC3(CC2)OCCO3)C1. The van der Waals surface area contributed by atoms with E-state index in [9.17, 15) is 0 Å². The Morgan fingerprint density at radius 1 is 1.06 bits per heavy atom. The van der Waals surface area contributed by atoms with E-state index >= 15 is 0 Å². The minimum Gasteiger partial charge on any atom is -0.348 e. The van der Waals surface area contributed by atoms with Gasteiger partial charge >= 0.3 is 0 Å². The zero-order chi connectivity index (χ0) is 12.4. The van der Waals surface area contributed by atoms with Crippen LogP contribution in [0, 0.1) is 11.8 Å². The lowest BCUT2D eigenvalue weighted by molar-refractivity contribution is -0.179. The summed E-state index contributed by atoms with van der Waals surface area (Å²) in [6.45, 7) is 5.19. The summed E-state index contributed by atoms with van der Waals surface area (Å²) in [5.41, 5.74) is 0. The van der Waals surface area contributed by atoms with Crippen molar-refractivity contribution in [1.82, 2.24) is 5.32 Å². The van der Waals surface area contributed by atoms with Gasteiger partial charge in [-0.3, -0.25) is 0 Å². The van der Waals surface area contributed by atoms with E-state index in [1.807, 2.05) is 0 Å². The van der Waals surface area contributed by atoms with E-state index in [1.165, 1.54) is 38.6 Å². The fourth-order valence-electron chi connectivity index (χ4n) is 3.89. The normalized spacial score (nSPS) is 36.5. The maximum Gasteiger partial charge on any atom is 0.168 e. The smallest absolute Gasteiger partial charge is 0.168 e. The molecule has 0 bridgehead atoms. The van der Waals surface area contributed by atoms with Crippen molar-refractivity contribution in [2.45, 2.75) is 63.7 Å². The summed E-state index contributed by atoms with van der Waals surface area (Å²) in [5, 5.41) is 3.78. The Morgan fingerprint density at radius 3 is 2.39 bits per heavy atom. The number of hydrogen-bond donors (Lipinski definition) is 1. The van der Waals surface area contributed by atoms with Crippen LogP contribution in [0.1, 0.15) is 51.9 Å². The second-order valence-corrected chi connectivity index (χ2v) is 6.57. The topological polar surface area (TPSA) is 30.5 Å². The molecule has 3 rings (SSSR count). The molecule has 2 saturated carbocycles. The largest absolute Gasteiger partial charge is 0.348 e. The van der Waals surface area contributed by atoms with Crippen molar-refractivity contribution in [2.75, 3.05) is 19.8 Å². The van der Waals surface area contributed by atoms with Crippen molar-refractivity contribution in [3.05, 3.63) is 0 Å². The van der Waals surface area contributed by atoms with E-state index < -0.39 is 0 Å². The van der Waals surface area contributed by atoms with Gasteiger partial charge in [0.25, 0.3) is 0 Å². The van der Waals surface area contributed by atoms with Gasteiger partial charge in [-0.15, -0.1) is 0 Å². The maximum absolute atomic E-state index is 5.77. The predicted octanol–water partition coefficient (Wildman–Crippen LogP) is 2.70. The van der Waals surface area contributed by atoms with Crippen LogP contribution in [0.15, 0.2) is 0 Å². The molecule has 3 fully saturated rings. The molecule has 1 aliphatic heterocycles. The van der Waals surface area contributed by atoms with Crippen molar-refractivity contribution in [3.8, 4) is 0 Å².